The van der Waals surface area contributed by atoms with Crippen LogP contribution in [-0.2, 0) is 12.7 Å². The SMILES string of the molecule is CC(=O)c1[nH]ncc1CN1CCN(c2ccc(C(F)(F)F)cn2)[C@H](C)C1. The third kappa shape index (κ3) is 3.87. The van der Waals surface area contributed by atoms with E-state index in [4.69, 9.17) is 0 Å². The van der Waals surface area contributed by atoms with Crippen molar-refractivity contribution in [1.82, 2.24) is 20.1 Å². The Morgan fingerprint density at radius 2 is 2.08 bits per heavy atom. The van der Waals surface area contributed by atoms with Crippen LogP contribution in [0.2, 0.25) is 0 Å². The van der Waals surface area contributed by atoms with Crippen molar-refractivity contribution < 1.29 is 18.0 Å². The van der Waals surface area contributed by atoms with Crippen LogP contribution in [0.4, 0.5) is 19.0 Å². The Hall–Kier alpha value is -2.42. The van der Waals surface area contributed by atoms with Gasteiger partial charge in [-0.25, -0.2) is 4.98 Å². The van der Waals surface area contributed by atoms with Crippen LogP contribution in [0.5, 0.6) is 0 Å². The molecule has 140 valence electrons. The Labute approximate surface area is 149 Å². The van der Waals surface area contributed by atoms with E-state index in [1.807, 2.05) is 11.8 Å². The first-order valence-corrected chi connectivity index (χ1v) is 8.31. The number of hydrogen-bond acceptors (Lipinski definition) is 5. The number of aromatic amines is 1. The number of H-pyrrole nitrogens is 1. The van der Waals surface area contributed by atoms with Gasteiger partial charge in [0.2, 0.25) is 0 Å². The maximum Gasteiger partial charge on any atom is 0.417 e. The molecule has 0 amide bonds. The molecule has 0 bridgehead atoms. The number of nitrogens with zero attached hydrogens (tertiary/aromatic N) is 4. The monoisotopic (exact) mass is 367 g/mol. The standard InChI is InChI=1S/C17H20F3N5O/c1-11-9-24(10-13-7-22-23-16(13)12(2)26)5-6-25(11)15-4-3-14(8-21-15)17(18,19)20/h3-4,7-8,11H,5-6,9-10H2,1-2H3,(H,22,23)/t11-/m1/s1. The zero-order chi connectivity index (χ0) is 18.9. The van der Waals surface area contributed by atoms with Crippen LogP contribution in [0, 0.1) is 0 Å². The molecule has 3 rings (SSSR count). The number of carbonyl (C=O) groups is 1. The van der Waals surface area contributed by atoms with Crippen molar-refractivity contribution in [3.8, 4) is 0 Å². The molecular weight excluding hydrogens is 347 g/mol. The Balaban J connectivity index is 1.65. The van der Waals surface area contributed by atoms with Gasteiger partial charge in [0.15, 0.2) is 5.78 Å². The summed E-state index contributed by atoms with van der Waals surface area (Å²) < 4.78 is 38.0. The van der Waals surface area contributed by atoms with Crippen LogP contribution >= 0.6 is 0 Å². The Kier molecular flexibility index (Phi) is 4.99. The van der Waals surface area contributed by atoms with Crippen LogP contribution in [0.25, 0.3) is 0 Å². The lowest BCUT2D eigenvalue weighted by Gasteiger charge is -2.40. The van der Waals surface area contributed by atoms with E-state index < -0.39 is 11.7 Å². The summed E-state index contributed by atoms with van der Waals surface area (Å²) in [5, 5.41) is 6.65. The molecule has 0 saturated carbocycles. The fraction of sp³-hybridized carbons (Fsp3) is 0.471. The molecule has 3 heterocycles. The van der Waals surface area contributed by atoms with Crippen molar-refractivity contribution in [3.63, 3.8) is 0 Å². The molecule has 6 nitrogen and oxygen atoms in total. The number of rotatable bonds is 4. The van der Waals surface area contributed by atoms with E-state index >= 15 is 0 Å². The molecule has 1 fully saturated rings. The van der Waals surface area contributed by atoms with Crippen molar-refractivity contribution >= 4 is 11.6 Å². The highest BCUT2D eigenvalue weighted by atomic mass is 19.4. The van der Waals surface area contributed by atoms with Gasteiger partial charge in [0.25, 0.3) is 0 Å². The van der Waals surface area contributed by atoms with Gasteiger partial charge in [-0.05, 0) is 19.1 Å². The number of nitrogens with one attached hydrogen (secondary N) is 1. The minimum atomic E-state index is -4.38. The van der Waals surface area contributed by atoms with Gasteiger partial charge in [0, 0.05) is 50.9 Å². The van der Waals surface area contributed by atoms with Crippen molar-refractivity contribution in [3.05, 3.63) is 41.3 Å². The Bertz CT molecular complexity index is 771. The summed E-state index contributed by atoms with van der Waals surface area (Å²) in [6, 6.07) is 2.56. The summed E-state index contributed by atoms with van der Waals surface area (Å²) in [6.07, 6.45) is -1.85. The summed E-state index contributed by atoms with van der Waals surface area (Å²) in [5.41, 5.74) is 0.625. The van der Waals surface area contributed by atoms with E-state index in [2.05, 4.69) is 20.1 Å². The van der Waals surface area contributed by atoms with Crippen LogP contribution in [-0.4, -0.2) is 51.5 Å². The minimum absolute atomic E-state index is 0.0573. The van der Waals surface area contributed by atoms with Gasteiger partial charge in [-0.1, -0.05) is 0 Å². The first kappa shape index (κ1) is 18.4. The van der Waals surface area contributed by atoms with Gasteiger partial charge in [-0.2, -0.15) is 18.3 Å². The van der Waals surface area contributed by atoms with Gasteiger partial charge in [0.1, 0.15) is 11.5 Å². The highest BCUT2D eigenvalue weighted by Gasteiger charge is 2.31. The summed E-state index contributed by atoms with van der Waals surface area (Å²) in [6.45, 7) is 6.18. The fourth-order valence-corrected chi connectivity index (χ4v) is 3.22. The van der Waals surface area contributed by atoms with Crippen LogP contribution in [0.1, 0.15) is 35.5 Å². The first-order valence-electron chi connectivity index (χ1n) is 8.31. The zero-order valence-corrected chi connectivity index (χ0v) is 14.5. The number of alkyl halides is 3. The molecule has 1 saturated heterocycles. The average molecular weight is 367 g/mol. The van der Waals surface area contributed by atoms with E-state index in [9.17, 15) is 18.0 Å². The predicted octanol–water partition coefficient (Wildman–Crippen LogP) is 2.74. The van der Waals surface area contributed by atoms with Crippen molar-refractivity contribution in [2.45, 2.75) is 32.6 Å². The van der Waals surface area contributed by atoms with Gasteiger partial charge >= 0.3 is 6.18 Å². The van der Waals surface area contributed by atoms with Crippen molar-refractivity contribution in [1.29, 1.82) is 0 Å². The average Bonchev–Trinajstić information content (AvgIpc) is 3.03. The van der Waals surface area contributed by atoms with Gasteiger partial charge in [-0.3, -0.25) is 14.8 Å². The number of aromatic nitrogens is 3. The number of anilines is 1. The largest absolute Gasteiger partial charge is 0.417 e. The number of piperazine rings is 1. The molecule has 0 unspecified atom stereocenters. The lowest BCUT2D eigenvalue weighted by molar-refractivity contribution is -0.137. The van der Waals surface area contributed by atoms with Crippen LogP contribution in [0.3, 0.4) is 0 Å². The van der Waals surface area contributed by atoms with E-state index in [-0.39, 0.29) is 11.8 Å². The third-order valence-corrected chi connectivity index (χ3v) is 4.54. The molecule has 0 aromatic carbocycles. The minimum Gasteiger partial charge on any atom is -0.351 e. The number of hydrogen-bond donors (Lipinski definition) is 1. The van der Waals surface area contributed by atoms with E-state index in [1.54, 1.807) is 6.20 Å². The number of halogens is 3. The smallest absolute Gasteiger partial charge is 0.351 e. The number of pyridine rings is 1. The molecule has 2 aromatic rings. The fourth-order valence-electron chi connectivity index (χ4n) is 3.22. The second-order valence-corrected chi connectivity index (χ2v) is 6.51. The van der Waals surface area contributed by atoms with Crippen molar-refractivity contribution in [2.75, 3.05) is 24.5 Å². The number of ketones is 1. The highest BCUT2D eigenvalue weighted by Crippen LogP contribution is 2.30. The zero-order valence-electron chi connectivity index (χ0n) is 14.5. The summed E-state index contributed by atoms with van der Waals surface area (Å²) in [7, 11) is 0. The molecule has 1 N–H and O–H groups in total. The lowest BCUT2D eigenvalue weighted by Crippen LogP contribution is -2.52. The number of carbonyl (C=O) groups excluding carboxylic acids is 1. The molecule has 1 atom stereocenters. The van der Waals surface area contributed by atoms with Crippen LogP contribution < -0.4 is 4.90 Å². The van der Waals surface area contributed by atoms with E-state index in [1.165, 1.54) is 13.0 Å². The maximum absolute atomic E-state index is 12.7. The molecular formula is C17H20F3N5O. The summed E-state index contributed by atoms with van der Waals surface area (Å²) in [5.74, 6) is 0.482. The van der Waals surface area contributed by atoms with Gasteiger partial charge in [-0.15, -0.1) is 0 Å². The van der Waals surface area contributed by atoms with Gasteiger partial charge < -0.3 is 4.90 Å². The summed E-state index contributed by atoms with van der Waals surface area (Å²) in [4.78, 5) is 19.8. The normalized spacial score (nSPS) is 19.0. The van der Waals surface area contributed by atoms with E-state index in [0.29, 0.717) is 31.1 Å². The number of Topliss-reactive ketones (excluding diaryl/α,β-unsaturated/α-hetero) is 1. The first-order chi connectivity index (χ1) is 12.3. The van der Waals surface area contributed by atoms with Crippen LogP contribution in [0.15, 0.2) is 24.5 Å². The predicted molar refractivity (Wildman–Crippen MR) is 89.9 cm³/mol. The lowest BCUT2D eigenvalue weighted by atomic mass is 10.1. The molecule has 2 aromatic heterocycles. The third-order valence-electron chi connectivity index (χ3n) is 4.54. The Morgan fingerprint density at radius 1 is 1.31 bits per heavy atom. The molecule has 0 aliphatic carbocycles. The van der Waals surface area contributed by atoms with E-state index in [0.717, 1.165) is 24.4 Å². The molecule has 26 heavy (non-hydrogen) atoms. The van der Waals surface area contributed by atoms with Crippen molar-refractivity contribution in [2.24, 2.45) is 0 Å². The van der Waals surface area contributed by atoms with Gasteiger partial charge in [0.05, 0.1) is 11.8 Å². The topological polar surface area (TPSA) is 65.1 Å². The second-order valence-electron chi connectivity index (χ2n) is 6.51. The second kappa shape index (κ2) is 7.06. The molecule has 0 spiro atoms. The highest BCUT2D eigenvalue weighted by molar-refractivity contribution is 5.93. The maximum atomic E-state index is 12.7. The summed E-state index contributed by atoms with van der Waals surface area (Å²) >= 11 is 0. The molecule has 1 aliphatic heterocycles. The quantitative estimate of drug-likeness (QED) is 0.842. The molecule has 9 heteroatoms. The molecule has 0 radical (unpaired) electrons. The Morgan fingerprint density at radius 3 is 2.65 bits per heavy atom. The molecule has 1 aliphatic rings.